The lowest BCUT2D eigenvalue weighted by atomic mass is 10.0. The predicted octanol–water partition coefficient (Wildman–Crippen LogP) is 1.49. The van der Waals surface area contributed by atoms with Crippen molar-refractivity contribution in [3.8, 4) is 0 Å². The number of nitrogens with two attached hydrogens (primary N) is 2. The van der Waals surface area contributed by atoms with Crippen molar-refractivity contribution in [2.24, 2.45) is 16.5 Å². The normalized spacial score (nSPS) is 17.6. The monoisotopic (exact) mass is 267 g/mol. The minimum Gasteiger partial charge on any atom is -0.367 e. The summed E-state index contributed by atoms with van der Waals surface area (Å²) in [6.45, 7) is 0.563. The fourth-order valence-electron chi connectivity index (χ4n) is 2.07. The Bertz CT molecular complexity index is 563. The van der Waals surface area contributed by atoms with E-state index in [0.29, 0.717) is 6.61 Å². The molecule has 0 bridgehead atoms. The number of benzene rings is 2. The maximum Gasteiger partial charge on any atom is 0.189 e. The Morgan fingerprint density at radius 2 is 1.40 bits per heavy atom. The fourth-order valence-corrected chi connectivity index (χ4v) is 2.07. The number of hydrogen-bond acceptors (Lipinski definition) is 4. The van der Waals surface area contributed by atoms with Crippen molar-refractivity contribution < 1.29 is 4.74 Å². The quantitative estimate of drug-likeness (QED) is 0.500. The van der Waals surface area contributed by atoms with Crippen molar-refractivity contribution in [1.29, 1.82) is 0 Å². The molecule has 2 aromatic carbocycles. The van der Waals surface area contributed by atoms with Crippen LogP contribution in [0.1, 0.15) is 11.1 Å². The highest BCUT2D eigenvalue weighted by atomic mass is 16.6. The number of nitrogens with zero attached hydrogens (tertiary/aromatic N) is 1. The van der Waals surface area contributed by atoms with Gasteiger partial charge in [-0.2, -0.15) is 0 Å². The molecule has 0 amide bonds. The Kier molecular flexibility index (Phi) is 3.36. The van der Waals surface area contributed by atoms with Crippen LogP contribution in [0.25, 0.3) is 0 Å². The van der Waals surface area contributed by atoms with Crippen molar-refractivity contribution in [1.82, 2.24) is 0 Å². The van der Waals surface area contributed by atoms with Crippen LogP contribution < -0.4 is 11.5 Å². The highest BCUT2D eigenvalue weighted by Gasteiger charge is 2.41. The van der Waals surface area contributed by atoms with E-state index in [1.54, 1.807) is 0 Å². The molecular weight excluding hydrogens is 250 g/mol. The van der Waals surface area contributed by atoms with Crippen molar-refractivity contribution in [3.05, 3.63) is 71.8 Å². The molecule has 2 aromatic rings. The highest BCUT2D eigenvalue weighted by molar-refractivity contribution is 6.13. The number of aliphatic imine (C=N–C) groups is 1. The van der Waals surface area contributed by atoms with E-state index >= 15 is 0 Å². The molecule has 1 heterocycles. The highest BCUT2D eigenvalue weighted by Crippen LogP contribution is 2.22. The Hall–Kier alpha value is -2.01. The van der Waals surface area contributed by atoms with Crippen LogP contribution in [-0.4, -0.2) is 24.2 Å². The third-order valence-electron chi connectivity index (χ3n) is 3.25. The summed E-state index contributed by atoms with van der Waals surface area (Å²) in [5.41, 5.74) is 14.9. The molecule has 20 heavy (non-hydrogen) atoms. The molecule has 0 radical (unpaired) electrons. The van der Waals surface area contributed by atoms with Crippen LogP contribution in [0.15, 0.2) is 65.7 Å². The van der Waals surface area contributed by atoms with Crippen LogP contribution in [0.3, 0.4) is 0 Å². The molecule has 102 valence electrons. The van der Waals surface area contributed by atoms with E-state index in [2.05, 4.69) is 4.99 Å². The van der Waals surface area contributed by atoms with E-state index in [0.717, 1.165) is 16.8 Å². The number of ether oxygens (including phenoxy) is 1. The summed E-state index contributed by atoms with van der Waals surface area (Å²) in [5, 5.41) is 0. The van der Waals surface area contributed by atoms with Crippen molar-refractivity contribution in [2.45, 2.75) is 11.9 Å². The SMILES string of the molecule is NC(N)(N=C(c1ccccc1)c1ccccc1)C1CO1. The second kappa shape index (κ2) is 5.17. The number of epoxide rings is 1. The minimum atomic E-state index is -1.19. The fraction of sp³-hybridized carbons (Fsp3) is 0.188. The van der Waals surface area contributed by atoms with Crippen molar-refractivity contribution >= 4 is 5.71 Å². The molecule has 1 atom stereocenters. The molecule has 3 rings (SSSR count). The van der Waals surface area contributed by atoms with E-state index in [4.69, 9.17) is 16.2 Å². The van der Waals surface area contributed by atoms with Crippen LogP contribution in [0.2, 0.25) is 0 Å². The molecule has 0 aromatic heterocycles. The van der Waals surface area contributed by atoms with Crippen LogP contribution in [0.4, 0.5) is 0 Å². The zero-order chi connectivity index (χ0) is 14.0. The summed E-state index contributed by atoms with van der Waals surface area (Å²) in [6, 6.07) is 19.8. The summed E-state index contributed by atoms with van der Waals surface area (Å²) in [6.07, 6.45) is -0.204. The van der Waals surface area contributed by atoms with E-state index in [1.165, 1.54) is 0 Å². The van der Waals surface area contributed by atoms with E-state index in [-0.39, 0.29) is 6.10 Å². The molecule has 1 unspecified atom stereocenters. The first-order chi connectivity index (χ1) is 9.67. The zero-order valence-corrected chi connectivity index (χ0v) is 11.1. The topological polar surface area (TPSA) is 76.9 Å². The maximum absolute atomic E-state index is 6.06. The van der Waals surface area contributed by atoms with Gasteiger partial charge in [0.2, 0.25) is 0 Å². The van der Waals surface area contributed by atoms with Gasteiger partial charge in [0, 0.05) is 11.1 Å². The van der Waals surface area contributed by atoms with Crippen LogP contribution in [-0.2, 0) is 4.74 Å². The maximum atomic E-state index is 6.06. The Morgan fingerprint density at radius 1 is 0.950 bits per heavy atom. The van der Waals surface area contributed by atoms with Gasteiger partial charge in [-0.25, -0.2) is 4.99 Å². The standard InChI is InChI=1S/C16H17N3O/c17-16(18,14-11-20-14)19-15(12-7-3-1-4-8-12)13-9-5-2-6-10-13/h1-10,14H,11,17-18H2. The third-order valence-corrected chi connectivity index (χ3v) is 3.25. The van der Waals surface area contributed by atoms with Crippen LogP contribution in [0, 0.1) is 0 Å². The van der Waals surface area contributed by atoms with Gasteiger partial charge in [0.1, 0.15) is 6.10 Å². The molecule has 4 N–H and O–H groups in total. The van der Waals surface area contributed by atoms with E-state index in [1.807, 2.05) is 60.7 Å². The third kappa shape index (κ3) is 2.77. The lowest BCUT2D eigenvalue weighted by Crippen LogP contribution is -2.53. The van der Waals surface area contributed by atoms with Crippen LogP contribution >= 0.6 is 0 Å². The molecule has 1 aliphatic heterocycles. The predicted molar refractivity (Wildman–Crippen MR) is 79.4 cm³/mol. The lowest BCUT2D eigenvalue weighted by Gasteiger charge is -2.19. The molecule has 4 heteroatoms. The van der Waals surface area contributed by atoms with E-state index < -0.39 is 5.79 Å². The van der Waals surface area contributed by atoms with Gasteiger partial charge in [-0.3, -0.25) is 11.5 Å². The lowest BCUT2D eigenvalue weighted by molar-refractivity contribution is 0.300. The molecule has 0 spiro atoms. The second-order valence-electron chi connectivity index (χ2n) is 4.90. The molecule has 0 aliphatic carbocycles. The van der Waals surface area contributed by atoms with Crippen molar-refractivity contribution in [3.63, 3.8) is 0 Å². The summed E-state index contributed by atoms with van der Waals surface area (Å²) < 4.78 is 5.19. The number of rotatable bonds is 4. The summed E-state index contributed by atoms with van der Waals surface area (Å²) in [5.74, 6) is -1.19. The molecule has 1 saturated heterocycles. The number of hydrogen-bond donors (Lipinski definition) is 2. The van der Waals surface area contributed by atoms with Gasteiger partial charge in [-0.05, 0) is 0 Å². The van der Waals surface area contributed by atoms with Crippen LogP contribution in [0.5, 0.6) is 0 Å². The zero-order valence-electron chi connectivity index (χ0n) is 11.1. The van der Waals surface area contributed by atoms with Crippen molar-refractivity contribution in [2.75, 3.05) is 6.61 Å². The first-order valence-corrected chi connectivity index (χ1v) is 6.57. The molecule has 1 aliphatic rings. The largest absolute Gasteiger partial charge is 0.367 e. The van der Waals surface area contributed by atoms with Gasteiger partial charge in [-0.1, -0.05) is 60.7 Å². The Labute approximate surface area is 118 Å². The Morgan fingerprint density at radius 3 is 1.80 bits per heavy atom. The van der Waals surface area contributed by atoms with Gasteiger partial charge in [0.25, 0.3) is 0 Å². The average Bonchev–Trinajstić information content (AvgIpc) is 3.32. The second-order valence-corrected chi connectivity index (χ2v) is 4.90. The van der Waals surface area contributed by atoms with Gasteiger partial charge < -0.3 is 4.74 Å². The smallest absolute Gasteiger partial charge is 0.189 e. The summed E-state index contributed by atoms with van der Waals surface area (Å²) >= 11 is 0. The van der Waals surface area contributed by atoms with Gasteiger partial charge in [0.05, 0.1) is 12.3 Å². The first-order valence-electron chi connectivity index (χ1n) is 6.57. The molecular formula is C16H17N3O. The average molecular weight is 267 g/mol. The molecule has 0 saturated carbocycles. The molecule has 1 fully saturated rings. The van der Waals surface area contributed by atoms with Gasteiger partial charge >= 0.3 is 0 Å². The Balaban J connectivity index is 2.07. The molecule has 4 nitrogen and oxygen atoms in total. The minimum absolute atomic E-state index is 0.204. The van der Waals surface area contributed by atoms with Gasteiger partial charge in [-0.15, -0.1) is 0 Å². The summed E-state index contributed by atoms with van der Waals surface area (Å²) in [4.78, 5) is 4.56. The summed E-state index contributed by atoms with van der Waals surface area (Å²) in [7, 11) is 0. The van der Waals surface area contributed by atoms with Gasteiger partial charge in [0.15, 0.2) is 5.79 Å². The van der Waals surface area contributed by atoms with E-state index in [9.17, 15) is 0 Å². The first kappa shape index (κ1) is 13.0.